The molecule has 1 aliphatic heterocycles. The first-order valence-corrected chi connectivity index (χ1v) is 6.24. The standard InChI is InChI=1S/C13H14N4O3/c1-16-4-5-17(13(19)12(16)18)7-11-15-9-3-2-8(14)6-10(9)20-11/h2-3,6H,4-5,7,14H2,1H3. The molecule has 0 saturated carbocycles. The third kappa shape index (κ3) is 2.07. The molecule has 2 N–H and O–H groups in total. The fourth-order valence-corrected chi connectivity index (χ4v) is 2.14. The van der Waals surface area contributed by atoms with E-state index in [1.165, 1.54) is 9.80 Å². The number of carbonyl (C=O) groups excluding carboxylic acids is 2. The molecule has 0 bridgehead atoms. The summed E-state index contributed by atoms with van der Waals surface area (Å²) < 4.78 is 5.55. The second kappa shape index (κ2) is 4.52. The van der Waals surface area contributed by atoms with E-state index in [1.54, 1.807) is 25.2 Å². The Morgan fingerprint density at radius 3 is 2.90 bits per heavy atom. The summed E-state index contributed by atoms with van der Waals surface area (Å²) >= 11 is 0. The van der Waals surface area contributed by atoms with E-state index < -0.39 is 11.8 Å². The SMILES string of the molecule is CN1CCN(Cc2nc3ccc(N)cc3o2)C(=O)C1=O. The number of likely N-dealkylation sites (N-methyl/N-ethyl adjacent to an activating group) is 1. The van der Waals surface area contributed by atoms with Crippen molar-refractivity contribution in [3.8, 4) is 0 Å². The van der Waals surface area contributed by atoms with Crippen molar-refractivity contribution in [3.63, 3.8) is 0 Å². The van der Waals surface area contributed by atoms with Gasteiger partial charge in [0.05, 0.1) is 6.54 Å². The molecule has 104 valence electrons. The Kier molecular flexibility index (Phi) is 2.81. The topological polar surface area (TPSA) is 92.7 Å². The molecule has 7 heteroatoms. The summed E-state index contributed by atoms with van der Waals surface area (Å²) in [7, 11) is 1.61. The Morgan fingerprint density at radius 2 is 2.10 bits per heavy atom. The molecule has 1 saturated heterocycles. The van der Waals surface area contributed by atoms with Gasteiger partial charge in [-0.3, -0.25) is 9.59 Å². The van der Waals surface area contributed by atoms with Gasteiger partial charge < -0.3 is 20.0 Å². The number of hydrogen-bond donors (Lipinski definition) is 1. The third-order valence-corrected chi connectivity index (χ3v) is 3.31. The lowest BCUT2D eigenvalue weighted by Crippen LogP contribution is -2.52. The molecular weight excluding hydrogens is 260 g/mol. The quantitative estimate of drug-likeness (QED) is 0.624. The Hall–Kier alpha value is -2.57. The monoisotopic (exact) mass is 274 g/mol. The van der Waals surface area contributed by atoms with Gasteiger partial charge in [0.1, 0.15) is 5.52 Å². The number of carbonyl (C=O) groups is 2. The van der Waals surface area contributed by atoms with Crippen LogP contribution < -0.4 is 5.73 Å². The van der Waals surface area contributed by atoms with Crippen molar-refractivity contribution in [1.82, 2.24) is 14.8 Å². The van der Waals surface area contributed by atoms with E-state index in [9.17, 15) is 9.59 Å². The summed E-state index contributed by atoms with van der Waals surface area (Å²) in [5.41, 5.74) is 7.52. The van der Waals surface area contributed by atoms with Gasteiger partial charge in [0.15, 0.2) is 5.58 Å². The largest absolute Gasteiger partial charge is 0.439 e. The Morgan fingerprint density at radius 1 is 1.30 bits per heavy atom. The molecule has 0 atom stereocenters. The summed E-state index contributed by atoms with van der Waals surface area (Å²) in [5, 5.41) is 0. The molecule has 0 radical (unpaired) electrons. The highest BCUT2D eigenvalue weighted by Crippen LogP contribution is 2.19. The summed E-state index contributed by atoms with van der Waals surface area (Å²) in [5.74, 6) is -0.631. The van der Waals surface area contributed by atoms with Crippen LogP contribution >= 0.6 is 0 Å². The van der Waals surface area contributed by atoms with Gasteiger partial charge >= 0.3 is 11.8 Å². The molecule has 7 nitrogen and oxygen atoms in total. The van der Waals surface area contributed by atoms with Crippen molar-refractivity contribution in [2.24, 2.45) is 0 Å². The number of rotatable bonds is 2. The van der Waals surface area contributed by atoms with Crippen molar-refractivity contribution in [2.45, 2.75) is 6.54 Å². The minimum absolute atomic E-state index is 0.187. The number of piperazine rings is 1. The average Bonchev–Trinajstić information content (AvgIpc) is 2.81. The number of oxazole rings is 1. The number of fused-ring (bicyclic) bond motifs is 1. The molecule has 2 aromatic rings. The highest BCUT2D eigenvalue weighted by atomic mass is 16.3. The van der Waals surface area contributed by atoms with Crippen LogP contribution in [0.5, 0.6) is 0 Å². The summed E-state index contributed by atoms with van der Waals surface area (Å²) in [6, 6.07) is 5.18. The maximum atomic E-state index is 11.9. The second-order valence-electron chi connectivity index (χ2n) is 4.79. The van der Waals surface area contributed by atoms with Crippen LogP contribution in [0, 0.1) is 0 Å². The lowest BCUT2D eigenvalue weighted by atomic mass is 10.3. The summed E-state index contributed by atoms with van der Waals surface area (Å²) in [6.07, 6.45) is 0. The minimum Gasteiger partial charge on any atom is -0.439 e. The zero-order valence-corrected chi connectivity index (χ0v) is 11.0. The molecule has 20 heavy (non-hydrogen) atoms. The lowest BCUT2D eigenvalue weighted by molar-refractivity contribution is -0.155. The predicted molar refractivity (Wildman–Crippen MR) is 71.5 cm³/mol. The van der Waals surface area contributed by atoms with Crippen molar-refractivity contribution in [2.75, 3.05) is 25.9 Å². The Bertz CT molecular complexity index is 694. The maximum absolute atomic E-state index is 11.9. The molecule has 2 heterocycles. The fourth-order valence-electron chi connectivity index (χ4n) is 2.14. The van der Waals surface area contributed by atoms with Crippen molar-refractivity contribution in [1.29, 1.82) is 0 Å². The molecule has 1 aromatic carbocycles. The molecule has 0 spiro atoms. The first kappa shape index (κ1) is 12.5. The van der Waals surface area contributed by atoms with Gasteiger partial charge in [-0.2, -0.15) is 0 Å². The van der Waals surface area contributed by atoms with Crippen LogP contribution in [-0.4, -0.2) is 46.7 Å². The van der Waals surface area contributed by atoms with E-state index in [4.69, 9.17) is 10.2 Å². The molecule has 0 unspecified atom stereocenters. The maximum Gasteiger partial charge on any atom is 0.312 e. The number of benzene rings is 1. The number of nitrogen functional groups attached to an aromatic ring is 1. The van der Waals surface area contributed by atoms with Crippen LogP contribution in [0.25, 0.3) is 11.1 Å². The number of amides is 2. The third-order valence-electron chi connectivity index (χ3n) is 3.31. The number of nitrogens with zero attached hydrogens (tertiary/aromatic N) is 3. The first-order valence-electron chi connectivity index (χ1n) is 6.24. The van der Waals surface area contributed by atoms with E-state index in [0.29, 0.717) is 35.8 Å². The fraction of sp³-hybridized carbons (Fsp3) is 0.308. The lowest BCUT2D eigenvalue weighted by Gasteiger charge is -2.30. The Balaban J connectivity index is 1.82. The van der Waals surface area contributed by atoms with Gasteiger partial charge in [-0.1, -0.05) is 0 Å². The average molecular weight is 274 g/mol. The van der Waals surface area contributed by atoms with Gasteiger partial charge in [0, 0.05) is 31.9 Å². The van der Waals surface area contributed by atoms with Crippen molar-refractivity contribution < 1.29 is 14.0 Å². The van der Waals surface area contributed by atoms with E-state index in [0.717, 1.165) is 0 Å². The molecule has 1 fully saturated rings. The van der Waals surface area contributed by atoms with Crippen LogP contribution in [0.15, 0.2) is 22.6 Å². The highest BCUT2D eigenvalue weighted by Gasteiger charge is 2.31. The Labute approximate surface area is 114 Å². The normalized spacial score (nSPS) is 16.2. The van der Waals surface area contributed by atoms with Crippen LogP contribution in [0.3, 0.4) is 0 Å². The first-order chi connectivity index (χ1) is 9.54. The second-order valence-corrected chi connectivity index (χ2v) is 4.79. The zero-order valence-electron chi connectivity index (χ0n) is 11.0. The van der Waals surface area contributed by atoms with Gasteiger partial charge in [-0.15, -0.1) is 0 Å². The van der Waals surface area contributed by atoms with E-state index in [-0.39, 0.29) is 6.54 Å². The van der Waals surface area contributed by atoms with Crippen molar-refractivity contribution >= 4 is 28.6 Å². The van der Waals surface area contributed by atoms with Gasteiger partial charge in [0.2, 0.25) is 5.89 Å². The van der Waals surface area contributed by atoms with Crippen LogP contribution in [0.1, 0.15) is 5.89 Å². The van der Waals surface area contributed by atoms with E-state index in [1.807, 2.05) is 0 Å². The summed E-state index contributed by atoms with van der Waals surface area (Å²) in [4.78, 5) is 30.6. The molecule has 3 rings (SSSR count). The van der Waals surface area contributed by atoms with E-state index in [2.05, 4.69) is 4.98 Å². The van der Waals surface area contributed by atoms with Crippen LogP contribution in [0.2, 0.25) is 0 Å². The van der Waals surface area contributed by atoms with Gasteiger partial charge in [-0.25, -0.2) is 4.98 Å². The predicted octanol–water partition coefficient (Wildman–Crippen LogP) is 0.211. The highest BCUT2D eigenvalue weighted by molar-refractivity contribution is 6.35. The van der Waals surface area contributed by atoms with Crippen LogP contribution in [0.4, 0.5) is 5.69 Å². The number of anilines is 1. The molecule has 1 aromatic heterocycles. The number of hydrogen-bond acceptors (Lipinski definition) is 5. The van der Waals surface area contributed by atoms with E-state index >= 15 is 0 Å². The zero-order chi connectivity index (χ0) is 14.3. The van der Waals surface area contributed by atoms with Crippen molar-refractivity contribution in [3.05, 3.63) is 24.1 Å². The van der Waals surface area contributed by atoms with Gasteiger partial charge in [0.25, 0.3) is 0 Å². The number of nitrogens with two attached hydrogens (primary N) is 1. The molecule has 0 aliphatic carbocycles. The smallest absolute Gasteiger partial charge is 0.312 e. The summed E-state index contributed by atoms with van der Waals surface area (Å²) in [6.45, 7) is 1.17. The van der Waals surface area contributed by atoms with Crippen LogP contribution in [-0.2, 0) is 16.1 Å². The molecule has 1 aliphatic rings. The number of aromatic nitrogens is 1. The van der Waals surface area contributed by atoms with Gasteiger partial charge in [-0.05, 0) is 12.1 Å². The molecular formula is C13H14N4O3. The minimum atomic E-state index is -0.527. The molecule has 2 amide bonds.